The van der Waals surface area contributed by atoms with E-state index in [9.17, 15) is 9.59 Å². The Morgan fingerprint density at radius 3 is 2.79 bits per heavy atom. The van der Waals surface area contributed by atoms with Gasteiger partial charge in [-0.25, -0.2) is 0 Å². The number of halogens is 1. The molecule has 3 atom stereocenters. The summed E-state index contributed by atoms with van der Waals surface area (Å²) in [5.74, 6) is -0.253. The van der Waals surface area contributed by atoms with Crippen LogP contribution in [0.1, 0.15) is 47.7 Å². The summed E-state index contributed by atoms with van der Waals surface area (Å²) in [7, 11) is 0. The lowest BCUT2D eigenvalue weighted by atomic mass is 9.81. The first-order chi connectivity index (χ1) is 8.90. The van der Waals surface area contributed by atoms with Crippen molar-refractivity contribution in [3.63, 3.8) is 0 Å². The van der Waals surface area contributed by atoms with Crippen molar-refractivity contribution in [2.45, 2.75) is 44.0 Å². The minimum Gasteiger partial charge on any atom is -0.453 e. The number of hydrogen-bond acceptors (Lipinski definition) is 3. The first-order valence-electron chi connectivity index (χ1n) is 6.39. The van der Waals surface area contributed by atoms with E-state index >= 15 is 0 Å². The lowest BCUT2D eigenvalue weighted by Gasteiger charge is -2.28. The van der Waals surface area contributed by atoms with E-state index in [0.717, 1.165) is 11.1 Å². The summed E-state index contributed by atoms with van der Waals surface area (Å²) in [5, 5.41) is 0. The summed E-state index contributed by atoms with van der Waals surface area (Å²) in [5.41, 5.74) is 2.79. The predicted octanol–water partition coefficient (Wildman–Crippen LogP) is 3.38. The van der Waals surface area contributed by atoms with Crippen molar-refractivity contribution in [2.75, 3.05) is 0 Å². The number of hydrogen-bond donors (Lipinski definition) is 0. The monoisotopic (exact) mass is 324 g/mol. The molecule has 102 valence electrons. The van der Waals surface area contributed by atoms with Gasteiger partial charge in [0.1, 0.15) is 4.83 Å². The third-order valence-electron chi connectivity index (χ3n) is 3.45. The molecule has 0 bridgehead atoms. The Morgan fingerprint density at radius 2 is 2.16 bits per heavy atom. The highest BCUT2D eigenvalue weighted by molar-refractivity contribution is 9.10. The van der Waals surface area contributed by atoms with Gasteiger partial charge in [0, 0.05) is 5.56 Å². The molecule has 0 aromatic heterocycles. The Bertz CT molecular complexity index is 522. The Balaban J connectivity index is 2.28. The first kappa shape index (κ1) is 14.3. The Hall–Kier alpha value is -1.16. The fraction of sp³-hybridized carbons (Fsp3) is 0.467. The number of alkyl halides is 1. The molecule has 2 rings (SSSR count). The summed E-state index contributed by atoms with van der Waals surface area (Å²) >= 11 is 3.16. The Morgan fingerprint density at radius 1 is 1.47 bits per heavy atom. The molecular formula is C15H17BrO3. The molecule has 1 aromatic rings. The second-order valence-electron chi connectivity index (χ2n) is 5.13. The van der Waals surface area contributed by atoms with E-state index in [1.165, 1.54) is 0 Å². The number of ether oxygens (including phenoxy) is 1. The number of aryl methyl sites for hydroxylation is 1. The van der Waals surface area contributed by atoms with Crippen LogP contribution in [0.3, 0.4) is 0 Å². The second-order valence-corrected chi connectivity index (χ2v) is 6.51. The van der Waals surface area contributed by atoms with Crippen LogP contribution in [0.15, 0.2) is 18.2 Å². The maximum Gasteiger partial charge on any atom is 0.320 e. The van der Waals surface area contributed by atoms with Gasteiger partial charge in [-0.05, 0) is 37.8 Å². The normalized spacial score (nSPS) is 23.7. The van der Waals surface area contributed by atoms with Gasteiger partial charge in [0.05, 0.1) is 0 Å². The molecule has 0 saturated heterocycles. The number of esters is 1. The largest absolute Gasteiger partial charge is 0.453 e. The van der Waals surface area contributed by atoms with E-state index < -0.39 is 10.9 Å². The van der Waals surface area contributed by atoms with E-state index in [1.54, 1.807) is 6.92 Å². The first-order valence-corrected chi connectivity index (χ1v) is 7.31. The van der Waals surface area contributed by atoms with Gasteiger partial charge in [-0.3, -0.25) is 9.59 Å². The minimum absolute atomic E-state index is 0.0849. The van der Waals surface area contributed by atoms with Gasteiger partial charge in [-0.2, -0.15) is 0 Å². The maximum absolute atomic E-state index is 12.4. The van der Waals surface area contributed by atoms with Crippen LogP contribution in [0.5, 0.6) is 0 Å². The molecule has 19 heavy (non-hydrogen) atoms. The molecule has 0 saturated carbocycles. The highest BCUT2D eigenvalue weighted by Crippen LogP contribution is 2.33. The number of carbonyl (C=O) groups is 2. The van der Waals surface area contributed by atoms with Gasteiger partial charge < -0.3 is 4.74 Å². The SMILES string of the molecule is Cc1ccc2c(c1)C(=O)C(OC(=O)C(C)Br)CC2C. The quantitative estimate of drug-likeness (QED) is 0.618. The van der Waals surface area contributed by atoms with Crippen LogP contribution < -0.4 is 0 Å². The van der Waals surface area contributed by atoms with E-state index in [1.807, 2.05) is 25.1 Å². The van der Waals surface area contributed by atoms with Crippen LogP contribution >= 0.6 is 15.9 Å². The van der Waals surface area contributed by atoms with Crippen molar-refractivity contribution >= 4 is 27.7 Å². The second kappa shape index (κ2) is 5.45. The van der Waals surface area contributed by atoms with Crippen molar-refractivity contribution < 1.29 is 14.3 Å². The molecule has 1 aliphatic carbocycles. The minimum atomic E-state index is -0.656. The fourth-order valence-corrected chi connectivity index (χ4v) is 2.49. The van der Waals surface area contributed by atoms with Crippen molar-refractivity contribution in [3.05, 3.63) is 34.9 Å². The molecule has 1 aliphatic rings. The van der Waals surface area contributed by atoms with Gasteiger partial charge >= 0.3 is 5.97 Å². The summed E-state index contributed by atoms with van der Waals surface area (Å²) < 4.78 is 5.30. The van der Waals surface area contributed by atoms with Crippen LogP contribution in [-0.2, 0) is 9.53 Å². The topological polar surface area (TPSA) is 43.4 Å². The standard InChI is InChI=1S/C15H17BrO3/c1-8-4-5-11-9(2)7-13(14(17)12(11)6-8)19-15(18)10(3)16/h4-6,9-10,13H,7H2,1-3H3. The summed E-state index contributed by atoms with van der Waals surface area (Å²) in [6.45, 7) is 5.70. The molecule has 0 spiro atoms. The van der Waals surface area contributed by atoms with Gasteiger partial charge in [0.2, 0.25) is 5.78 Å². The molecule has 3 unspecified atom stereocenters. The fourth-order valence-electron chi connectivity index (χ4n) is 2.38. The molecule has 1 aromatic carbocycles. The van der Waals surface area contributed by atoms with Gasteiger partial charge in [0.15, 0.2) is 6.10 Å². The lowest BCUT2D eigenvalue weighted by molar-refractivity contribution is -0.146. The molecule has 4 heteroatoms. The van der Waals surface area contributed by atoms with Gasteiger partial charge in [-0.1, -0.05) is 40.5 Å². The molecule has 0 heterocycles. The third-order valence-corrected chi connectivity index (χ3v) is 3.82. The number of ketones is 1. The predicted molar refractivity (Wildman–Crippen MR) is 76.8 cm³/mol. The maximum atomic E-state index is 12.4. The van der Waals surface area contributed by atoms with Crippen LogP contribution in [0.4, 0.5) is 0 Å². The van der Waals surface area contributed by atoms with E-state index in [4.69, 9.17) is 4.74 Å². The van der Waals surface area contributed by atoms with E-state index in [0.29, 0.717) is 12.0 Å². The Kier molecular flexibility index (Phi) is 4.09. The van der Waals surface area contributed by atoms with E-state index in [-0.39, 0.29) is 17.7 Å². The molecule has 3 nitrogen and oxygen atoms in total. The number of fused-ring (bicyclic) bond motifs is 1. The highest BCUT2D eigenvalue weighted by Gasteiger charge is 2.34. The van der Waals surface area contributed by atoms with Gasteiger partial charge in [0.25, 0.3) is 0 Å². The van der Waals surface area contributed by atoms with Crippen LogP contribution in [-0.4, -0.2) is 22.7 Å². The van der Waals surface area contributed by atoms with Crippen LogP contribution in [0.2, 0.25) is 0 Å². The van der Waals surface area contributed by atoms with Crippen molar-refractivity contribution in [1.29, 1.82) is 0 Å². The molecule has 0 aliphatic heterocycles. The third kappa shape index (κ3) is 2.89. The molecule has 0 radical (unpaired) electrons. The lowest BCUT2D eigenvalue weighted by Crippen LogP contribution is -2.35. The molecule has 0 amide bonds. The summed E-state index contributed by atoms with van der Waals surface area (Å²) in [6, 6.07) is 5.89. The average Bonchev–Trinajstić information content (AvgIpc) is 2.35. The number of Topliss-reactive ketones (excluding diaryl/α,β-unsaturated/α-hetero) is 1. The Labute approximate surface area is 121 Å². The number of carbonyl (C=O) groups excluding carboxylic acids is 2. The van der Waals surface area contributed by atoms with E-state index in [2.05, 4.69) is 22.9 Å². The zero-order valence-electron chi connectivity index (χ0n) is 11.3. The summed E-state index contributed by atoms with van der Waals surface area (Å²) in [6.07, 6.45) is -0.0998. The number of rotatable bonds is 2. The van der Waals surface area contributed by atoms with Crippen LogP contribution in [0.25, 0.3) is 0 Å². The number of benzene rings is 1. The highest BCUT2D eigenvalue weighted by atomic mass is 79.9. The van der Waals surface area contributed by atoms with Crippen molar-refractivity contribution in [1.82, 2.24) is 0 Å². The zero-order valence-corrected chi connectivity index (χ0v) is 12.9. The van der Waals surface area contributed by atoms with Gasteiger partial charge in [-0.15, -0.1) is 0 Å². The molecular weight excluding hydrogens is 308 g/mol. The average molecular weight is 325 g/mol. The zero-order chi connectivity index (χ0) is 14.2. The molecule has 0 N–H and O–H groups in total. The van der Waals surface area contributed by atoms with Crippen molar-refractivity contribution in [3.8, 4) is 0 Å². The molecule has 0 fully saturated rings. The van der Waals surface area contributed by atoms with Crippen molar-refractivity contribution in [2.24, 2.45) is 0 Å². The summed E-state index contributed by atoms with van der Waals surface area (Å²) in [4.78, 5) is 23.6. The van der Waals surface area contributed by atoms with Crippen LogP contribution in [0, 0.1) is 6.92 Å². The smallest absolute Gasteiger partial charge is 0.320 e.